The standard InChI is InChI=1S/C17H19FN6O/c1-10-19-15(23-22-10)6-7-16(25)24-8-2-3-14(24)17-20-12-5-4-11(18)9-13(12)21-17/h4-5,9,14H,2-3,6-8H2,1H3,(H,20,21)(H,19,22,23)/t14-/m0/s1. The van der Waals surface area contributed by atoms with Gasteiger partial charge in [-0.25, -0.2) is 14.4 Å². The third-order valence-electron chi connectivity index (χ3n) is 4.56. The molecule has 1 aliphatic rings. The molecule has 0 saturated carbocycles. The lowest BCUT2D eigenvalue weighted by Crippen LogP contribution is -2.31. The van der Waals surface area contributed by atoms with Crippen molar-refractivity contribution in [2.45, 2.75) is 38.6 Å². The number of carbonyl (C=O) groups excluding carboxylic acids is 1. The van der Waals surface area contributed by atoms with E-state index in [1.165, 1.54) is 12.1 Å². The highest BCUT2D eigenvalue weighted by molar-refractivity contribution is 5.78. The molecule has 8 heteroatoms. The van der Waals surface area contributed by atoms with Gasteiger partial charge in [0.2, 0.25) is 5.91 Å². The summed E-state index contributed by atoms with van der Waals surface area (Å²) in [6.07, 6.45) is 2.66. The van der Waals surface area contributed by atoms with Crippen LogP contribution in [-0.2, 0) is 11.2 Å². The summed E-state index contributed by atoms with van der Waals surface area (Å²) in [6.45, 7) is 2.54. The number of likely N-dealkylation sites (tertiary alicyclic amines) is 1. The maximum atomic E-state index is 13.4. The number of benzene rings is 1. The van der Waals surface area contributed by atoms with Crippen LogP contribution < -0.4 is 0 Å². The third kappa shape index (κ3) is 3.11. The van der Waals surface area contributed by atoms with E-state index in [4.69, 9.17) is 0 Å². The molecule has 25 heavy (non-hydrogen) atoms. The monoisotopic (exact) mass is 342 g/mol. The quantitative estimate of drug-likeness (QED) is 0.762. The molecule has 0 bridgehead atoms. The van der Waals surface area contributed by atoms with Gasteiger partial charge >= 0.3 is 0 Å². The fraction of sp³-hybridized carbons (Fsp3) is 0.412. The van der Waals surface area contributed by atoms with E-state index in [0.29, 0.717) is 36.2 Å². The molecule has 2 aromatic heterocycles. The van der Waals surface area contributed by atoms with Crippen molar-refractivity contribution < 1.29 is 9.18 Å². The molecule has 1 aromatic carbocycles. The Hall–Kier alpha value is -2.77. The number of hydrogen-bond acceptors (Lipinski definition) is 4. The van der Waals surface area contributed by atoms with Gasteiger partial charge in [0.25, 0.3) is 0 Å². The largest absolute Gasteiger partial charge is 0.340 e. The molecule has 1 saturated heterocycles. The van der Waals surface area contributed by atoms with E-state index < -0.39 is 0 Å². The number of aromatic nitrogens is 5. The van der Waals surface area contributed by atoms with E-state index in [-0.39, 0.29) is 17.8 Å². The number of fused-ring (bicyclic) bond motifs is 1. The lowest BCUT2D eigenvalue weighted by molar-refractivity contribution is -0.132. The number of imidazole rings is 1. The summed E-state index contributed by atoms with van der Waals surface area (Å²) in [7, 11) is 0. The zero-order valence-electron chi connectivity index (χ0n) is 13.9. The van der Waals surface area contributed by atoms with Crippen LogP contribution in [0.2, 0.25) is 0 Å². The molecule has 4 rings (SSSR count). The first kappa shape index (κ1) is 15.7. The number of nitrogens with zero attached hydrogens (tertiary/aromatic N) is 4. The minimum atomic E-state index is -0.302. The van der Waals surface area contributed by atoms with Gasteiger partial charge in [-0.05, 0) is 38.0 Å². The molecular formula is C17H19FN6O. The van der Waals surface area contributed by atoms with Gasteiger partial charge in [0.05, 0.1) is 17.1 Å². The maximum absolute atomic E-state index is 13.4. The second kappa shape index (κ2) is 6.27. The highest BCUT2D eigenvalue weighted by Gasteiger charge is 2.31. The van der Waals surface area contributed by atoms with Crippen LogP contribution in [-0.4, -0.2) is 42.5 Å². The van der Waals surface area contributed by atoms with Crippen LogP contribution >= 0.6 is 0 Å². The molecular weight excluding hydrogens is 323 g/mol. The van der Waals surface area contributed by atoms with Crippen molar-refractivity contribution in [1.82, 2.24) is 30.0 Å². The first-order chi connectivity index (χ1) is 12.1. The highest BCUT2D eigenvalue weighted by atomic mass is 19.1. The molecule has 1 atom stereocenters. The number of halogens is 1. The molecule has 0 aliphatic carbocycles. The van der Waals surface area contributed by atoms with Crippen LogP contribution in [0.5, 0.6) is 0 Å². The van der Waals surface area contributed by atoms with Gasteiger partial charge in [0, 0.05) is 19.4 Å². The summed E-state index contributed by atoms with van der Waals surface area (Å²) in [5.41, 5.74) is 1.37. The minimum absolute atomic E-state index is 0.0663. The number of H-pyrrole nitrogens is 2. The minimum Gasteiger partial charge on any atom is -0.340 e. The van der Waals surface area contributed by atoms with Crippen molar-refractivity contribution in [3.63, 3.8) is 0 Å². The predicted octanol–water partition coefficient (Wildman–Crippen LogP) is 2.42. The number of aryl methyl sites for hydroxylation is 2. The summed E-state index contributed by atoms with van der Waals surface area (Å²) in [5, 5.41) is 6.85. The lowest BCUT2D eigenvalue weighted by Gasteiger charge is -2.23. The normalized spacial score (nSPS) is 17.5. The van der Waals surface area contributed by atoms with Crippen LogP contribution in [0, 0.1) is 12.7 Å². The highest BCUT2D eigenvalue weighted by Crippen LogP contribution is 2.32. The Morgan fingerprint density at radius 2 is 2.28 bits per heavy atom. The Morgan fingerprint density at radius 3 is 3.08 bits per heavy atom. The van der Waals surface area contributed by atoms with Gasteiger partial charge in [-0.1, -0.05) is 0 Å². The smallest absolute Gasteiger partial charge is 0.223 e. The molecule has 3 aromatic rings. The molecule has 1 fully saturated rings. The molecule has 1 amide bonds. The number of rotatable bonds is 4. The molecule has 2 N–H and O–H groups in total. The average molecular weight is 342 g/mol. The zero-order chi connectivity index (χ0) is 17.4. The summed E-state index contributed by atoms with van der Waals surface area (Å²) in [5.74, 6) is 1.89. The molecule has 1 aliphatic heterocycles. The lowest BCUT2D eigenvalue weighted by atomic mass is 10.2. The van der Waals surface area contributed by atoms with E-state index in [1.54, 1.807) is 6.07 Å². The summed E-state index contributed by atoms with van der Waals surface area (Å²) in [4.78, 5) is 26.4. The topological polar surface area (TPSA) is 90.6 Å². The molecule has 7 nitrogen and oxygen atoms in total. The number of aromatic amines is 2. The Bertz CT molecular complexity index is 917. The molecule has 0 unspecified atom stereocenters. The van der Waals surface area contributed by atoms with E-state index >= 15 is 0 Å². The Kier molecular flexibility index (Phi) is 3.95. The second-order valence-corrected chi connectivity index (χ2v) is 6.37. The van der Waals surface area contributed by atoms with E-state index in [9.17, 15) is 9.18 Å². The van der Waals surface area contributed by atoms with Crippen LogP contribution in [0.4, 0.5) is 4.39 Å². The number of carbonyl (C=O) groups is 1. The van der Waals surface area contributed by atoms with Gasteiger partial charge in [-0.3, -0.25) is 9.89 Å². The summed E-state index contributed by atoms with van der Waals surface area (Å²) < 4.78 is 13.4. The van der Waals surface area contributed by atoms with Crippen molar-refractivity contribution >= 4 is 16.9 Å². The van der Waals surface area contributed by atoms with Crippen molar-refractivity contribution in [2.75, 3.05) is 6.54 Å². The van der Waals surface area contributed by atoms with Crippen molar-refractivity contribution in [3.8, 4) is 0 Å². The zero-order valence-corrected chi connectivity index (χ0v) is 13.9. The molecule has 0 radical (unpaired) electrons. The molecule has 3 heterocycles. The first-order valence-corrected chi connectivity index (χ1v) is 8.42. The predicted molar refractivity (Wildman–Crippen MR) is 89.2 cm³/mol. The molecule has 0 spiro atoms. The number of nitrogens with one attached hydrogen (secondary N) is 2. The van der Waals surface area contributed by atoms with E-state index in [0.717, 1.165) is 24.5 Å². The van der Waals surface area contributed by atoms with Crippen molar-refractivity contribution in [3.05, 3.63) is 41.5 Å². The van der Waals surface area contributed by atoms with Crippen LogP contribution in [0.1, 0.15) is 42.8 Å². The SMILES string of the molecule is Cc1nc(CCC(=O)N2CCC[C@H]2c2nc3ccc(F)cc3[nH]2)n[nH]1. The number of hydrogen-bond donors (Lipinski definition) is 2. The van der Waals surface area contributed by atoms with Crippen LogP contribution in [0.25, 0.3) is 11.0 Å². The van der Waals surface area contributed by atoms with Crippen LogP contribution in [0.15, 0.2) is 18.2 Å². The Morgan fingerprint density at radius 1 is 1.40 bits per heavy atom. The fourth-order valence-electron chi connectivity index (χ4n) is 3.37. The first-order valence-electron chi connectivity index (χ1n) is 8.42. The van der Waals surface area contributed by atoms with E-state index in [2.05, 4.69) is 25.1 Å². The van der Waals surface area contributed by atoms with Crippen molar-refractivity contribution in [2.24, 2.45) is 0 Å². The second-order valence-electron chi connectivity index (χ2n) is 6.37. The van der Waals surface area contributed by atoms with Crippen molar-refractivity contribution in [1.29, 1.82) is 0 Å². The third-order valence-corrected chi connectivity index (χ3v) is 4.56. The summed E-state index contributed by atoms with van der Waals surface area (Å²) in [6, 6.07) is 4.39. The fourth-order valence-corrected chi connectivity index (χ4v) is 3.37. The van der Waals surface area contributed by atoms with Crippen LogP contribution in [0.3, 0.4) is 0 Å². The average Bonchev–Trinajstić information content (AvgIpc) is 3.30. The summed E-state index contributed by atoms with van der Waals surface area (Å²) >= 11 is 0. The molecule has 130 valence electrons. The van der Waals surface area contributed by atoms with Gasteiger partial charge in [-0.2, -0.15) is 5.10 Å². The van der Waals surface area contributed by atoms with Gasteiger partial charge in [0.1, 0.15) is 17.5 Å². The maximum Gasteiger partial charge on any atom is 0.223 e. The number of amides is 1. The van der Waals surface area contributed by atoms with Gasteiger partial charge in [-0.15, -0.1) is 0 Å². The van der Waals surface area contributed by atoms with E-state index in [1.807, 2.05) is 11.8 Å². The van der Waals surface area contributed by atoms with Gasteiger partial charge < -0.3 is 9.88 Å². The van der Waals surface area contributed by atoms with Gasteiger partial charge in [0.15, 0.2) is 5.82 Å². The Labute approximate surface area is 143 Å². The Balaban J connectivity index is 1.49.